The summed E-state index contributed by atoms with van der Waals surface area (Å²) in [6.45, 7) is 3.51. The zero-order valence-corrected chi connectivity index (χ0v) is 10.3. The molecule has 4 nitrogen and oxygen atoms in total. The molecule has 0 aliphatic heterocycles. The molecule has 0 spiro atoms. The van der Waals surface area contributed by atoms with E-state index in [1.165, 1.54) is 7.11 Å². The number of nitrogens with zero attached hydrogens (tertiary/aromatic N) is 2. The molecule has 0 fully saturated rings. The highest BCUT2D eigenvalue weighted by Gasteiger charge is 2.18. The lowest BCUT2D eigenvalue weighted by Gasteiger charge is -2.18. The first kappa shape index (κ1) is 11.8. The van der Waals surface area contributed by atoms with Crippen molar-refractivity contribution >= 4 is 15.9 Å². The number of ether oxygens (including phenoxy) is 2. The van der Waals surface area contributed by atoms with Crippen LogP contribution in [0, 0.1) is 12.3 Å². The summed E-state index contributed by atoms with van der Waals surface area (Å²) < 4.78 is 11.1. The van der Waals surface area contributed by atoms with Gasteiger partial charge in [-0.1, -0.05) is 5.92 Å². The van der Waals surface area contributed by atoms with Crippen molar-refractivity contribution in [3.63, 3.8) is 0 Å². The van der Waals surface area contributed by atoms with Crippen molar-refractivity contribution in [2.75, 3.05) is 7.11 Å². The molecule has 0 bridgehead atoms. The SMILES string of the molecule is C#CC(C)(C)Oc1ncc(Br)c(OC)n1. The molecule has 15 heavy (non-hydrogen) atoms. The van der Waals surface area contributed by atoms with Gasteiger partial charge in [0.25, 0.3) is 0 Å². The van der Waals surface area contributed by atoms with Crippen molar-refractivity contribution in [2.24, 2.45) is 0 Å². The predicted molar refractivity (Wildman–Crippen MR) is 59.8 cm³/mol. The van der Waals surface area contributed by atoms with Crippen LogP contribution in [-0.2, 0) is 0 Å². The lowest BCUT2D eigenvalue weighted by molar-refractivity contribution is 0.154. The number of terminal acetylenes is 1. The topological polar surface area (TPSA) is 44.2 Å². The average molecular weight is 271 g/mol. The van der Waals surface area contributed by atoms with Gasteiger partial charge < -0.3 is 9.47 Å². The van der Waals surface area contributed by atoms with E-state index < -0.39 is 5.60 Å². The van der Waals surface area contributed by atoms with Gasteiger partial charge >= 0.3 is 6.01 Å². The zero-order valence-electron chi connectivity index (χ0n) is 8.74. The van der Waals surface area contributed by atoms with Gasteiger partial charge in [0.15, 0.2) is 5.60 Å². The van der Waals surface area contributed by atoms with E-state index in [1.807, 2.05) is 0 Å². The van der Waals surface area contributed by atoms with E-state index in [0.717, 1.165) is 0 Å². The predicted octanol–water partition coefficient (Wildman–Crippen LogP) is 2.04. The highest BCUT2D eigenvalue weighted by Crippen LogP contribution is 2.24. The summed E-state index contributed by atoms with van der Waals surface area (Å²) in [4.78, 5) is 7.99. The highest BCUT2D eigenvalue weighted by molar-refractivity contribution is 9.10. The van der Waals surface area contributed by atoms with Crippen LogP contribution in [-0.4, -0.2) is 22.7 Å². The van der Waals surface area contributed by atoms with Gasteiger partial charge in [0.2, 0.25) is 5.88 Å². The van der Waals surface area contributed by atoms with Crippen molar-refractivity contribution in [2.45, 2.75) is 19.4 Å². The molecule has 0 unspecified atom stereocenters. The quantitative estimate of drug-likeness (QED) is 0.789. The molecule has 5 heteroatoms. The second-order valence-electron chi connectivity index (χ2n) is 3.27. The lowest BCUT2D eigenvalue weighted by Crippen LogP contribution is -2.26. The second-order valence-corrected chi connectivity index (χ2v) is 4.12. The molecule has 0 radical (unpaired) electrons. The Kier molecular flexibility index (Phi) is 3.53. The zero-order chi connectivity index (χ0) is 11.5. The van der Waals surface area contributed by atoms with E-state index in [2.05, 4.69) is 31.8 Å². The first-order valence-corrected chi connectivity index (χ1v) is 5.01. The molecule has 0 atom stereocenters. The van der Waals surface area contributed by atoms with Gasteiger partial charge in [0, 0.05) is 0 Å². The Hall–Kier alpha value is -1.28. The largest absolute Gasteiger partial charge is 0.480 e. The summed E-state index contributed by atoms with van der Waals surface area (Å²) in [5.41, 5.74) is -0.737. The minimum atomic E-state index is -0.737. The number of halogens is 1. The summed E-state index contributed by atoms with van der Waals surface area (Å²) in [5, 5.41) is 0. The van der Waals surface area contributed by atoms with Gasteiger partial charge in [-0.3, -0.25) is 0 Å². The van der Waals surface area contributed by atoms with E-state index in [-0.39, 0.29) is 6.01 Å². The molecular weight excluding hydrogens is 260 g/mol. The Morgan fingerprint density at radius 2 is 2.20 bits per heavy atom. The van der Waals surface area contributed by atoms with Crippen molar-refractivity contribution in [3.05, 3.63) is 10.7 Å². The van der Waals surface area contributed by atoms with Crippen LogP contribution in [0.3, 0.4) is 0 Å². The summed E-state index contributed by atoms with van der Waals surface area (Å²) >= 11 is 3.24. The molecule has 1 rings (SSSR count). The van der Waals surface area contributed by atoms with Crippen molar-refractivity contribution < 1.29 is 9.47 Å². The summed E-state index contributed by atoms with van der Waals surface area (Å²) in [5.74, 6) is 2.90. The van der Waals surface area contributed by atoms with Crippen molar-refractivity contribution in [1.82, 2.24) is 9.97 Å². The standard InChI is InChI=1S/C10H11BrN2O2/c1-5-10(2,3)15-9-12-6-7(11)8(13-9)14-4/h1,6H,2-4H3. The molecule has 0 aromatic carbocycles. The molecular formula is C10H11BrN2O2. The van der Waals surface area contributed by atoms with Gasteiger partial charge in [0.05, 0.1) is 17.8 Å². The Labute approximate surface area is 97.2 Å². The minimum absolute atomic E-state index is 0.193. The monoisotopic (exact) mass is 270 g/mol. The molecule has 1 heterocycles. The van der Waals surface area contributed by atoms with Crippen LogP contribution in [0.1, 0.15) is 13.8 Å². The normalized spacial score (nSPS) is 10.6. The van der Waals surface area contributed by atoms with E-state index in [1.54, 1.807) is 20.0 Å². The van der Waals surface area contributed by atoms with Gasteiger partial charge in [-0.2, -0.15) is 4.98 Å². The number of aromatic nitrogens is 2. The first-order chi connectivity index (χ1) is 6.98. The van der Waals surface area contributed by atoms with Crippen LogP contribution in [0.2, 0.25) is 0 Å². The maximum absolute atomic E-state index is 5.39. The van der Waals surface area contributed by atoms with E-state index >= 15 is 0 Å². The maximum atomic E-state index is 5.39. The molecule has 0 saturated heterocycles. The molecule has 0 aliphatic carbocycles. The van der Waals surface area contributed by atoms with E-state index in [0.29, 0.717) is 10.4 Å². The molecule has 0 saturated carbocycles. The van der Waals surface area contributed by atoms with Crippen LogP contribution in [0.4, 0.5) is 0 Å². The smallest absolute Gasteiger partial charge is 0.321 e. The molecule has 80 valence electrons. The van der Waals surface area contributed by atoms with Crippen molar-refractivity contribution in [3.8, 4) is 24.2 Å². The third kappa shape index (κ3) is 3.10. The molecule has 0 N–H and O–H groups in total. The Bertz CT molecular complexity index is 399. The minimum Gasteiger partial charge on any atom is -0.480 e. The number of methoxy groups -OCH3 is 1. The fraction of sp³-hybridized carbons (Fsp3) is 0.400. The fourth-order valence-corrected chi connectivity index (χ4v) is 1.14. The molecule has 0 aliphatic rings. The van der Waals surface area contributed by atoms with Gasteiger partial charge in [0.1, 0.15) is 0 Å². The third-order valence-corrected chi connectivity index (χ3v) is 2.12. The number of rotatable bonds is 3. The van der Waals surface area contributed by atoms with Gasteiger partial charge in [-0.15, -0.1) is 6.42 Å². The summed E-state index contributed by atoms with van der Waals surface area (Å²) in [6.07, 6.45) is 6.83. The lowest BCUT2D eigenvalue weighted by atomic mass is 10.2. The molecule has 1 aromatic rings. The van der Waals surface area contributed by atoms with E-state index in [9.17, 15) is 0 Å². The highest BCUT2D eigenvalue weighted by atomic mass is 79.9. The van der Waals surface area contributed by atoms with Crippen molar-refractivity contribution in [1.29, 1.82) is 0 Å². The van der Waals surface area contributed by atoms with Gasteiger partial charge in [-0.25, -0.2) is 4.98 Å². The van der Waals surface area contributed by atoms with E-state index in [4.69, 9.17) is 15.9 Å². The van der Waals surface area contributed by atoms with Crippen LogP contribution in [0.25, 0.3) is 0 Å². The van der Waals surface area contributed by atoms with Crippen LogP contribution in [0.5, 0.6) is 11.9 Å². The van der Waals surface area contributed by atoms with Crippen LogP contribution >= 0.6 is 15.9 Å². The average Bonchev–Trinajstić information content (AvgIpc) is 2.20. The molecule has 1 aromatic heterocycles. The summed E-state index contributed by atoms with van der Waals surface area (Å²) in [7, 11) is 1.52. The second kappa shape index (κ2) is 4.49. The Morgan fingerprint density at radius 1 is 1.53 bits per heavy atom. The Balaban J connectivity index is 2.94. The van der Waals surface area contributed by atoms with Crippen LogP contribution in [0.15, 0.2) is 10.7 Å². The van der Waals surface area contributed by atoms with Crippen LogP contribution < -0.4 is 9.47 Å². The Morgan fingerprint density at radius 3 is 2.73 bits per heavy atom. The third-order valence-electron chi connectivity index (χ3n) is 1.58. The fourth-order valence-electron chi connectivity index (χ4n) is 0.786. The molecule has 0 amide bonds. The maximum Gasteiger partial charge on any atom is 0.321 e. The van der Waals surface area contributed by atoms with Gasteiger partial charge in [-0.05, 0) is 29.8 Å². The first-order valence-electron chi connectivity index (χ1n) is 4.22. The summed E-state index contributed by atoms with van der Waals surface area (Å²) in [6, 6.07) is 0.193. The number of hydrogen-bond donors (Lipinski definition) is 0. The number of hydrogen-bond acceptors (Lipinski definition) is 4.